The van der Waals surface area contributed by atoms with Crippen molar-refractivity contribution in [3.8, 4) is 5.75 Å². The molecule has 2 rings (SSSR count). The maximum atomic E-state index is 14.4. The van der Waals surface area contributed by atoms with Gasteiger partial charge in [-0.05, 0) is 30.3 Å². The van der Waals surface area contributed by atoms with Crippen LogP contribution >= 0.6 is 11.6 Å². The number of methoxy groups -OCH3 is 1. The Labute approximate surface area is 213 Å². The third kappa shape index (κ3) is 6.78. The lowest BCUT2D eigenvalue weighted by atomic mass is 10.1. The Kier molecular flexibility index (Phi) is 8.70. The second-order valence-electron chi connectivity index (χ2n) is 7.23. The van der Waals surface area contributed by atoms with E-state index in [-0.39, 0.29) is 28.5 Å². The number of carbonyl (C=O) groups is 1. The third-order valence-electron chi connectivity index (χ3n) is 4.49. The van der Waals surface area contributed by atoms with Crippen molar-refractivity contribution in [2.45, 2.75) is 36.5 Å². The van der Waals surface area contributed by atoms with E-state index in [1.165, 1.54) is 17.9 Å². The molecule has 19 heteroatoms. The summed E-state index contributed by atoms with van der Waals surface area (Å²) < 4.78 is 181. The predicted octanol–water partition coefficient (Wildman–Crippen LogP) is 7.66. The van der Waals surface area contributed by atoms with Gasteiger partial charge in [0, 0.05) is 16.8 Å². The molecule has 0 aliphatic heterocycles. The summed E-state index contributed by atoms with van der Waals surface area (Å²) >= 11 is 5.83. The van der Waals surface area contributed by atoms with Crippen LogP contribution < -0.4 is 10.1 Å². The van der Waals surface area contributed by atoms with Crippen molar-refractivity contribution in [1.29, 1.82) is 0 Å². The van der Waals surface area contributed by atoms with Crippen LogP contribution in [0.5, 0.6) is 5.75 Å². The molecule has 0 unspecified atom stereocenters. The number of anilines is 1. The van der Waals surface area contributed by atoms with E-state index in [2.05, 4.69) is 0 Å². The highest BCUT2D eigenvalue weighted by atomic mass is 35.5. The Balaban J connectivity index is 2.33. The zero-order chi connectivity index (χ0) is 30.2. The maximum absolute atomic E-state index is 14.4. The molecule has 5 nitrogen and oxygen atoms in total. The van der Waals surface area contributed by atoms with E-state index in [1.807, 2.05) is 10.1 Å². The molecule has 1 N–H and O–H groups in total. The summed E-state index contributed by atoms with van der Waals surface area (Å²) in [5.74, 6) is -14.5. The summed E-state index contributed by atoms with van der Waals surface area (Å²) in [5, 5.41) is 1.88. The van der Waals surface area contributed by atoms with Crippen molar-refractivity contribution in [2.75, 3.05) is 12.4 Å². The van der Waals surface area contributed by atoms with Crippen molar-refractivity contribution < 1.29 is 76.1 Å². The van der Waals surface area contributed by atoms with E-state index in [1.54, 1.807) is 0 Å². The predicted molar refractivity (Wildman–Crippen MR) is 104 cm³/mol. The quantitative estimate of drug-likeness (QED) is 0.280. The summed E-state index contributed by atoms with van der Waals surface area (Å²) in [4.78, 5) is 12.3. The van der Waals surface area contributed by atoms with Crippen LogP contribution in [0.15, 0.2) is 42.5 Å². The summed E-state index contributed by atoms with van der Waals surface area (Å²) in [6.07, 6.45) is -28.0. The molecule has 2 aromatic carbocycles. The fraction of sp³-hybridized carbons (Fsp3) is 0.350. The Bertz CT molecular complexity index is 1200. The van der Waals surface area contributed by atoms with Gasteiger partial charge in [-0.25, -0.2) is 9.47 Å². The van der Waals surface area contributed by atoms with Gasteiger partial charge in [-0.2, -0.15) is 43.9 Å². The van der Waals surface area contributed by atoms with Crippen molar-refractivity contribution in [1.82, 2.24) is 0 Å². The number of alkyl halides is 13. The van der Waals surface area contributed by atoms with Gasteiger partial charge in [0.2, 0.25) is 0 Å². The monoisotopic (exact) mass is 611 g/mol. The van der Waals surface area contributed by atoms with Crippen LogP contribution in [0.25, 0.3) is 0 Å². The highest BCUT2D eigenvalue weighted by molar-refractivity contribution is 6.32. The smallest absolute Gasteiger partial charge is 0.495 e. The first-order valence-corrected chi connectivity index (χ1v) is 9.97. The van der Waals surface area contributed by atoms with E-state index in [0.717, 1.165) is 18.2 Å². The van der Waals surface area contributed by atoms with Crippen LogP contribution in [0.4, 0.5) is 62.8 Å². The van der Waals surface area contributed by atoms with E-state index >= 15 is 0 Å². The average Bonchev–Trinajstić information content (AvgIpc) is 2.76. The van der Waals surface area contributed by atoms with E-state index in [0.29, 0.717) is 6.07 Å². The summed E-state index contributed by atoms with van der Waals surface area (Å²) in [7, 11) is 1.24. The van der Waals surface area contributed by atoms with Gasteiger partial charge >= 0.3 is 36.5 Å². The fourth-order valence-corrected chi connectivity index (χ4v) is 2.90. The van der Waals surface area contributed by atoms with Crippen LogP contribution in [0.2, 0.25) is 5.02 Å². The molecular formula is C20H11ClF13NO4. The molecule has 2 aromatic rings. The molecule has 0 radical (unpaired) electrons. The van der Waals surface area contributed by atoms with Gasteiger partial charge in [0.25, 0.3) is 5.91 Å². The molecule has 0 aromatic heterocycles. The highest BCUT2D eigenvalue weighted by Gasteiger charge is 2.80. The number of amides is 1. The topological polar surface area (TPSA) is 56.8 Å². The van der Waals surface area contributed by atoms with Gasteiger partial charge < -0.3 is 10.1 Å². The molecule has 1 amide bonds. The Morgan fingerprint density at radius 2 is 1.33 bits per heavy atom. The number of carbonyl (C=O) groups excluding carboxylic acids is 1. The third-order valence-corrected chi connectivity index (χ3v) is 4.79. The number of rotatable bonds is 10. The molecule has 0 saturated heterocycles. The molecule has 0 fully saturated rings. The summed E-state index contributed by atoms with van der Waals surface area (Å²) in [6.45, 7) is 0. The standard InChI is InChI=1S/C20H11ClF13NO4/c1-37-13-6-5-9(7-12(13)21)14(36)35-11-4-2-3-10(8-11)15(22,23)17(26,27)38-18(28,29)16(24,25)19(30,31)39-20(32,33)34/h2-8H,1H3,(H,35,36). The highest BCUT2D eigenvalue weighted by Crippen LogP contribution is 2.54. The lowest BCUT2D eigenvalue weighted by molar-refractivity contribution is -0.535. The first-order valence-electron chi connectivity index (χ1n) is 9.59. The molecule has 0 atom stereocenters. The minimum Gasteiger partial charge on any atom is -0.495 e. The SMILES string of the molecule is COc1ccc(C(=O)Nc2cccc(C(F)(F)C(F)(F)OC(F)(F)C(F)(F)C(F)(F)OC(F)(F)F)c2)cc1Cl. The van der Waals surface area contributed by atoms with Crippen LogP contribution in [0, 0.1) is 0 Å². The number of hydrogen-bond acceptors (Lipinski definition) is 4. The Hall–Kier alpha value is -2.99. The largest absolute Gasteiger partial charge is 0.527 e. The van der Waals surface area contributed by atoms with Crippen LogP contribution in [0.1, 0.15) is 15.9 Å². The molecule has 0 saturated carbocycles. The second-order valence-corrected chi connectivity index (χ2v) is 7.64. The van der Waals surface area contributed by atoms with Gasteiger partial charge in [0.05, 0.1) is 12.1 Å². The molecule has 0 aliphatic rings. The number of hydrogen-bond donors (Lipinski definition) is 1. The normalized spacial score (nSPS) is 13.8. The van der Waals surface area contributed by atoms with Gasteiger partial charge in [0.1, 0.15) is 5.75 Å². The minimum absolute atomic E-state index is 0.0535. The number of halogens is 14. The molecule has 0 spiro atoms. The number of ether oxygens (including phenoxy) is 3. The van der Waals surface area contributed by atoms with Crippen molar-refractivity contribution >= 4 is 23.2 Å². The Morgan fingerprint density at radius 1 is 0.769 bits per heavy atom. The Morgan fingerprint density at radius 3 is 1.85 bits per heavy atom. The van der Waals surface area contributed by atoms with Gasteiger partial charge in [-0.15, -0.1) is 13.2 Å². The van der Waals surface area contributed by atoms with Gasteiger partial charge in [0.15, 0.2) is 0 Å². The van der Waals surface area contributed by atoms with Gasteiger partial charge in [-0.3, -0.25) is 4.79 Å². The van der Waals surface area contributed by atoms with Gasteiger partial charge in [-0.1, -0.05) is 23.7 Å². The fourth-order valence-electron chi connectivity index (χ4n) is 2.64. The van der Waals surface area contributed by atoms with E-state index in [4.69, 9.17) is 16.3 Å². The maximum Gasteiger partial charge on any atom is 0.527 e. The lowest BCUT2D eigenvalue weighted by Crippen LogP contribution is -2.61. The van der Waals surface area contributed by atoms with Crippen LogP contribution in [-0.4, -0.2) is 43.6 Å². The van der Waals surface area contributed by atoms with E-state index in [9.17, 15) is 61.9 Å². The van der Waals surface area contributed by atoms with Crippen LogP contribution in [0.3, 0.4) is 0 Å². The average molecular weight is 612 g/mol. The first kappa shape index (κ1) is 32.2. The molecular weight excluding hydrogens is 601 g/mol. The van der Waals surface area contributed by atoms with Crippen molar-refractivity contribution in [3.05, 3.63) is 58.6 Å². The number of nitrogens with one attached hydrogen (secondary N) is 1. The molecule has 39 heavy (non-hydrogen) atoms. The van der Waals surface area contributed by atoms with Crippen LogP contribution in [-0.2, 0) is 15.4 Å². The minimum atomic E-state index is -7.54. The zero-order valence-electron chi connectivity index (χ0n) is 18.5. The lowest BCUT2D eigenvalue weighted by Gasteiger charge is -2.35. The zero-order valence-corrected chi connectivity index (χ0v) is 19.2. The van der Waals surface area contributed by atoms with Crippen molar-refractivity contribution in [3.63, 3.8) is 0 Å². The summed E-state index contributed by atoms with van der Waals surface area (Å²) in [6, 6.07) is 4.98. The molecule has 0 heterocycles. The molecule has 0 aliphatic carbocycles. The molecule has 0 bridgehead atoms. The second kappa shape index (κ2) is 10.5. The van der Waals surface area contributed by atoms with E-state index < -0.39 is 53.7 Å². The first-order chi connectivity index (χ1) is 17.5. The van der Waals surface area contributed by atoms with Crippen molar-refractivity contribution in [2.24, 2.45) is 0 Å². The summed E-state index contributed by atoms with van der Waals surface area (Å²) in [5.41, 5.74) is -2.88. The molecule has 218 valence electrons. The number of benzene rings is 2.